The van der Waals surface area contributed by atoms with Gasteiger partial charge < -0.3 is 5.11 Å². The smallest absolute Gasteiger partial charge is 0.336 e. The molecule has 0 amide bonds. The molecule has 0 bridgehead atoms. The number of benzene rings is 1. The van der Waals surface area contributed by atoms with Gasteiger partial charge in [0.05, 0.1) is 25.4 Å². The Labute approximate surface area is 141 Å². The Bertz CT molecular complexity index is 873. The number of aryl methyl sites for hydroxylation is 1. The van der Waals surface area contributed by atoms with E-state index in [9.17, 15) is 9.90 Å². The molecular formula is C15H9Br2NO2S. The predicted octanol–water partition coefficient (Wildman–Crippen LogP) is 5.49. The van der Waals surface area contributed by atoms with Crippen molar-refractivity contribution in [2.75, 3.05) is 0 Å². The summed E-state index contributed by atoms with van der Waals surface area (Å²) in [5.41, 5.74) is 2.61. The van der Waals surface area contributed by atoms with Crippen LogP contribution in [0, 0.1) is 6.92 Å². The molecule has 0 spiro atoms. The number of carboxylic acid groups (broad SMARTS) is 1. The Kier molecular flexibility index (Phi) is 3.86. The van der Waals surface area contributed by atoms with Gasteiger partial charge in [0.1, 0.15) is 0 Å². The van der Waals surface area contributed by atoms with Crippen molar-refractivity contribution >= 4 is 60.1 Å². The summed E-state index contributed by atoms with van der Waals surface area (Å²) in [5.74, 6) is -0.947. The number of hydrogen-bond donors (Lipinski definition) is 1. The summed E-state index contributed by atoms with van der Waals surface area (Å²) in [6, 6.07) is 9.24. The largest absolute Gasteiger partial charge is 0.478 e. The van der Waals surface area contributed by atoms with E-state index in [1.807, 2.05) is 25.1 Å². The van der Waals surface area contributed by atoms with E-state index in [0.717, 1.165) is 24.2 Å². The zero-order valence-electron chi connectivity index (χ0n) is 10.9. The standard InChI is InChI=1S/C15H9Br2NO2S/c1-7-4-8(16)5-9-10(15(19)20)6-11(18-14(7)9)12-2-3-13(17)21-12/h2-6H,1H3,(H,19,20). The monoisotopic (exact) mass is 425 g/mol. The minimum absolute atomic E-state index is 0.268. The molecule has 3 aromatic rings. The van der Waals surface area contributed by atoms with E-state index in [0.29, 0.717) is 11.1 Å². The molecule has 6 heteroatoms. The summed E-state index contributed by atoms with van der Waals surface area (Å²) in [7, 11) is 0. The van der Waals surface area contributed by atoms with Gasteiger partial charge in [-0.15, -0.1) is 11.3 Å². The topological polar surface area (TPSA) is 50.2 Å². The number of halogens is 2. The highest BCUT2D eigenvalue weighted by Crippen LogP contribution is 2.34. The summed E-state index contributed by atoms with van der Waals surface area (Å²) < 4.78 is 1.84. The number of nitrogens with zero attached hydrogens (tertiary/aromatic N) is 1. The SMILES string of the molecule is Cc1cc(Br)cc2c(C(=O)O)cc(-c3ccc(Br)s3)nc12. The van der Waals surface area contributed by atoms with E-state index < -0.39 is 5.97 Å². The number of rotatable bonds is 2. The molecule has 0 fully saturated rings. The third kappa shape index (κ3) is 2.75. The molecule has 106 valence electrons. The predicted molar refractivity (Wildman–Crippen MR) is 92.2 cm³/mol. The Balaban J connectivity index is 2.37. The van der Waals surface area contributed by atoms with Gasteiger partial charge >= 0.3 is 5.97 Å². The van der Waals surface area contributed by atoms with E-state index in [2.05, 4.69) is 36.8 Å². The van der Waals surface area contributed by atoms with E-state index in [1.54, 1.807) is 12.1 Å². The maximum absolute atomic E-state index is 11.6. The van der Waals surface area contributed by atoms with E-state index in [-0.39, 0.29) is 5.56 Å². The number of carboxylic acids is 1. The van der Waals surface area contributed by atoms with Gasteiger partial charge in [0.15, 0.2) is 0 Å². The first-order valence-electron chi connectivity index (χ1n) is 6.05. The summed E-state index contributed by atoms with van der Waals surface area (Å²) in [6.07, 6.45) is 0. The molecule has 1 N–H and O–H groups in total. The lowest BCUT2D eigenvalue weighted by atomic mass is 10.0. The van der Waals surface area contributed by atoms with Crippen molar-refractivity contribution in [1.29, 1.82) is 0 Å². The Hall–Kier alpha value is -1.24. The highest BCUT2D eigenvalue weighted by molar-refractivity contribution is 9.11. The summed E-state index contributed by atoms with van der Waals surface area (Å²) >= 11 is 8.36. The molecule has 0 saturated heterocycles. The van der Waals surface area contributed by atoms with Gasteiger partial charge in [-0.3, -0.25) is 0 Å². The second-order valence-electron chi connectivity index (χ2n) is 4.58. The zero-order valence-corrected chi connectivity index (χ0v) is 14.8. The first-order valence-corrected chi connectivity index (χ1v) is 8.46. The van der Waals surface area contributed by atoms with Crippen LogP contribution in [0.5, 0.6) is 0 Å². The van der Waals surface area contributed by atoms with Crippen LogP contribution >= 0.6 is 43.2 Å². The van der Waals surface area contributed by atoms with Gasteiger partial charge in [-0.05, 0) is 58.7 Å². The first kappa shape index (κ1) is 14.7. The normalized spacial score (nSPS) is 11.0. The number of pyridine rings is 1. The van der Waals surface area contributed by atoms with Crippen molar-refractivity contribution in [2.45, 2.75) is 6.92 Å². The molecule has 0 saturated carbocycles. The van der Waals surface area contributed by atoms with Crippen LogP contribution in [0.4, 0.5) is 0 Å². The minimum atomic E-state index is -0.947. The maximum Gasteiger partial charge on any atom is 0.336 e. The van der Waals surface area contributed by atoms with Crippen LogP contribution in [0.1, 0.15) is 15.9 Å². The number of aromatic carboxylic acids is 1. The molecule has 21 heavy (non-hydrogen) atoms. The van der Waals surface area contributed by atoms with E-state index in [4.69, 9.17) is 0 Å². The summed E-state index contributed by atoms with van der Waals surface area (Å²) in [6.45, 7) is 1.93. The molecular weight excluding hydrogens is 418 g/mol. The minimum Gasteiger partial charge on any atom is -0.478 e. The lowest BCUT2D eigenvalue weighted by Crippen LogP contribution is -2.01. The molecule has 3 nitrogen and oxygen atoms in total. The molecule has 0 unspecified atom stereocenters. The van der Waals surface area contributed by atoms with Crippen molar-refractivity contribution in [3.63, 3.8) is 0 Å². The molecule has 2 heterocycles. The van der Waals surface area contributed by atoms with Crippen molar-refractivity contribution in [1.82, 2.24) is 4.98 Å². The first-order chi connectivity index (χ1) is 9.95. The third-order valence-electron chi connectivity index (χ3n) is 3.12. The van der Waals surface area contributed by atoms with E-state index in [1.165, 1.54) is 11.3 Å². The molecule has 0 aliphatic rings. The lowest BCUT2D eigenvalue weighted by molar-refractivity contribution is 0.0699. The van der Waals surface area contributed by atoms with Crippen molar-refractivity contribution in [3.05, 3.63) is 49.7 Å². The molecule has 0 atom stereocenters. The van der Waals surface area contributed by atoms with Crippen LogP contribution < -0.4 is 0 Å². The van der Waals surface area contributed by atoms with Gasteiger partial charge in [0.2, 0.25) is 0 Å². The number of carbonyl (C=O) groups is 1. The van der Waals surface area contributed by atoms with Gasteiger partial charge in [-0.1, -0.05) is 15.9 Å². The second-order valence-corrected chi connectivity index (χ2v) is 7.96. The van der Waals surface area contributed by atoms with Crippen LogP contribution in [0.3, 0.4) is 0 Å². The highest BCUT2D eigenvalue weighted by atomic mass is 79.9. The molecule has 0 radical (unpaired) electrons. The van der Waals surface area contributed by atoms with Gasteiger partial charge in [-0.25, -0.2) is 9.78 Å². The Morgan fingerprint density at radius 2 is 2.00 bits per heavy atom. The third-order valence-corrected chi connectivity index (χ3v) is 5.23. The fraction of sp³-hybridized carbons (Fsp3) is 0.0667. The van der Waals surface area contributed by atoms with Crippen molar-refractivity contribution in [3.8, 4) is 10.6 Å². The highest BCUT2D eigenvalue weighted by Gasteiger charge is 2.15. The number of thiophene rings is 1. The van der Waals surface area contributed by atoms with Crippen LogP contribution in [0.15, 0.2) is 38.6 Å². The van der Waals surface area contributed by atoms with Crippen molar-refractivity contribution in [2.24, 2.45) is 0 Å². The summed E-state index contributed by atoms with van der Waals surface area (Å²) in [5, 5.41) is 10.1. The quantitative estimate of drug-likeness (QED) is 0.588. The van der Waals surface area contributed by atoms with Crippen LogP contribution in [-0.2, 0) is 0 Å². The fourth-order valence-corrected chi connectivity index (χ4v) is 4.13. The zero-order chi connectivity index (χ0) is 15.1. The molecule has 1 aromatic carbocycles. The van der Waals surface area contributed by atoms with Gasteiger partial charge in [0, 0.05) is 9.86 Å². The summed E-state index contributed by atoms with van der Waals surface area (Å²) in [4.78, 5) is 17.2. The Morgan fingerprint density at radius 1 is 1.24 bits per heavy atom. The number of hydrogen-bond acceptors (Lipinski definition) is 3. The Morgan fingerprint density at radius 3 is 2.62 bits per heavy atom. The van der Waals surface area contributed by atoms with Gasteiger partial charge in [0.25, 0.3) is 0 Å². The number of aromatic nitrogens is 1. The van der Waals surface area contributed by atoms with Crippen molar-refractivity contribution < 1.29 is 9.90 Å². The maximum atomic E-state index is 11.6. The van der Waals surface area contributed by atoms with Crippen LogP contribution in [-0.4, -0.2) is 16.1 Å². The second kappa shape index (κ2) is 5.51. The average molecular weight is 427 g/mol. The molecule has 0 aliphatic carbocycles. The van der Waals surface area contributed by atoms with Crippen LogP contribution in [0.2, 0.25) is 0 Å². The van der Waals surface area contributed by atoms with Crippen LogP contribution in [0.25, 0.3) is 21.5 Å². The molecule has 2 aromatic heterocycles. The van der Waals surface area contributed by atoms with Gasteiger partial charge in [-0.2, -0.15) is 0 Å². The fourth-order valence-electron chi connectivity index (χ4n) is 2.21. The lowest BCUT2D eigenvalue weighted by Gasteiger charge is -2.08. The number of fused-ring (bicyclic) bond motifs is 1. The molecule has 0 aliphatic heterocycles. The average Bonchev–Trinajstić information content (AvgIpc) is 2.84. The van der Waals surface area contributed by atoms with E-state index >= 15 is 0 Å². The molecule has 3 rings (SSSR count).